The molecule has 0 bridgehead atoms. The summed E-state index contributed by atoms with van der Waals surface area (Å²) in [6.07, 6.45) is 12.7. The molecule has 0 rings (SSSR count). The summed E-state index contributed by atoms with van der Waals surface area (Å²) in [5.41, 5.74) is 0. The Bertz CT molecular complexity index is 286. The van der Waals surface area contributed by atoms with Gasteiger partial charge in [0.25, 0.3) is 0 Å². The standard InChI is InChI=1S/C16H26O4/c1-3-5-7-9-13-19-15(17)11-12-16(18)20-14-10-8-6-4-2/h9-10,13-14H,3-8,11-12H2,1-2H3. The van der Waals surface area contributed by atoms with Crippen LogP contribution in [0.25, 0.3) is 0 Å². The monoisotopic (exact) mass is 282 g/mol. The first kappa shape index (κ1) is 18.4. The van der Waals surface area contributed by atoms with Crippen LogP contribution in [0, 0.1) is 0 Å². The van der Waals surface area contributed by atoms with Crippen molar-refractivity contribution in [3.05, 3.63) is 24.7 Å². The number of carbonyl (C=O) groups excluding carboxylic acids is 2. The lowest BCUT2D eigenvalue weighted by Crippen LogP contribution is -2.06. The summed E-state index contributed by atoms with van der Waals surface area (Å²) in [7, 11) is 0. The van der Waals surface area contributed by atoms with Crippen LogP contribution in [0.2, 0.25) is 0 Å². The van der Waals surface area contributed by atoms with Crippen molar-refractivity contribution in [3.8, 4) is 0 Å². The van der Waals surface area contributed by atoms with Gasteiger partial charge in [0, 0.05) is 0 Å². The van der Waals surface area contributed by atoms with Crippen LogP contribution in [-0.4, -0.2) is 11.9 Å². The Balaban J connectivity index is 3.60. The summed E-state index contributed by atoms with van der Waals surface area (Å²) < 4.78 is 9.70. The van der Waals surface area contributed by atoms with Crippen LogP contribution in [0.4, 0.5) is 0 Å². The second-order valence-corrected chi connectivity index (χ2v) is 4.51. The first-order valence-corrected chi connectivity index (χ1v) is 7.39. The Labute approximate surface area is 121 Å². The summed E-state index contributed by atoms with van der Waals surface area (Å²) >= 11 is 0. The van der Waals surface area contributed by atoms with E-state index in [0.29, 0.717) is 0 Å². The number of esters is 2. The molecular formula is C16H26O4. The van der Waals surface area contributed by atoms with E-state index in [1.807, 2.05) is 12.2 Å². The van der Waals surface area contributed by atoms with Gasteiger partial charge in [-0.05, 0) is 37.8 Å². The first-order valence-electron chi connectivity index (χ1n) is 7.39. The molecule has 0 spiro atoms. The average Bonchev–Trinajstić information content (AvgIpc) is 2.44. The number of ether oxygens (including phenoxy) is 2. The van der Waals surface area contributed by atoms with Crippen LogP contribution in [0.15, 0.2) is 24.7 Å². The minimum absolute atomic E-state index is 0.0414. The predicted molar refractivity (Wildman–Crippen MR) is 78.7 cm³/mol. The molecule has 0 fully saturated rings. The van der Waals surface area contributed by atoms with E-state index in [9.17, 15) is 9.59 Å². The van der Waals surface area contributed by atoms with Crippen molar-refractivity contribution in [2.45, 2.75) is 65.2 Å². The lowest BCUT2D eigenvalue weighted by atomic mass is 10.2. The van der Waals surface area contributed by atoms with Crippen LogP contribution in [0.3, 0.4) is 0 Å². The number of unbranched alkanes of at least 4 members (excludes halogenated alkanes) is 4. The average molecular weight is 282 g/mol. The first-order chi connectivity index (χ1) is 9.70. The maximum atomic E-state index is 11.3. The van der Waals surface area contributed by atoms with Crippen molar-refractivity contribution >= 4 is 11.9 Å². The Morgan fingerprint density at radius 1 is 0.800 bits per heavy atom. The fourth-order valence-corrected chi connectivity index (χ4v) is 1.35. The molecule has 0 radical (unpaired) electrons. The van der Waals surface area contributed by atoms with Crippen LogP contribution in [-0.2, 0) is 19.1 Å². The van der Waals surface area contributed by atoms with Crippen molar-refractivity contribution in [1.82, 2.24) is 0 Å². The second-order valence-electron chi connectivity index (χ2n) is 4.51. The highest BCUT2D eigenvalue weighted by Crippen LogP contribution is 2.00. The highest BCUT2D eigenvalue weighted by Gasteiger charge is 2.07. The SMILES string of the molecule is CCCCC=COC(=O)CCC(=O)OC=CCCCC. The summed E-state index contributed by atoms with van der Waals surface area (Å²) in [5.74, 6) is -0.825. The molecule has 0 saturated heterocycles. The smallest absolute Gasteiger partial charge is 0.311 e. The van der Waals surface area contributed by atoms with E-state index < -0.39 is 11.9 Å². The van der Waals surface area contributed by atoms with E-state index in [1.165, 1.54) is 12.5 Å². The topological polar surface area (TPSA) is 52.6 Å². The van der Waals surface area contributed by atoms with Gasteiger partial charge in [0.05, 0.1) is 25.4 Å². The van der Waals surface area contributed by atoms with Crippen LogP contribution < -0.4 is 0 Å². The molecule has 0 heterocycles. The number of carbonyl (C=O) groups is 2. The number of allylic oxidation sites excluding steroid dienone is 2. The number of hydrogen-bond donors (Lipinski definition) is 0. The molecular weight excluding hydrogens is 256 g/mol. The Morgan fingerprint density at radius 3 is 1.55 bits per heavy atom. The summed E-state index contributed by atoms with van der Waals surface area (Å²) in [5, 5.41) is 0. The minimum atomic E-state index is -0.412. The number of rotatable bonds is 11. The molecule has 0 aromatic carbocycles. The zero-order valence-corrected chi connectivity index (χ0v) is 12.6. The van der Waals surface area contributed by atoms with E-state index in [2.05, 4.69) is 13.8 Å². The third-order valence-electron chi connectivity index (χ3n) is 2.57. The van der Waals surface area contributed by atoms with Gasteiger partial charge in [-0.2, -0.15) is 0 Å². The molecule has 0 aromatic heterocycles. The molecule has 0 aliphatic carbocycles. The maximum Gasteiger partial charge on any atom is 0.311 e. The van der Waals surface area contributed by atoms with Crippen LogP contribution in [0.5, 0.6) is 0 Å². The Kier molecular flexibility index (Phi) is 12.7. The van der Waals surface area contributed by atoms with Crippen LogP contribution in [0.1, 0.15) is 65.2 Å². The minimum Gasteiger partial charge on any atom is -0.435 e. The maximum absolute atomic E-state index is 11.3. The molecule has 114 valence electrons. The lowest BCUT2D eigenvalue weighted by molar-refractivity contribution is -0.144. The van der Waals surface area contributed by atoms with E-state index >= 15 is 0 Å². The summed E-state index contributed by atoms with van der Waals surface area (Å²) in [6.45, 7) is 4.20. The highest BCUT2D eigenvalue weighted by atomic mass is 16.5. The van der Waals surface area contributed by atoms with Crippen molar-refractivity contribution in [1.29, 1.82) is 0 Å². The van der Waals surface area contributed by atoms with Crippen molar-refractivity contribution in [2.24, 2.45) is 0 Å². The molecule has 0 aliphatic heterocycles. The van der Waals surface area contributed by atoms with E-state index in [0.717, 1.165) is 38.5 Å². The van der Waals surface area contributed by atoms with Gasteiger partial charge in [0.15, 0.2) is 0 Å². The fourth-order valence-electron chi connectivity index (χ4n) is 1.35. The summed E-state index contributed by atoms with van der Waals surface area (Å²) in [6, 6.07) is 0. The second kappa shape index (κ2) is 13.8. The molecule has 0 atom stereocenters. The molecule has 0 unspecified atom stereocenters. The quantitative estimate of drug-likeness (QED) is 0.323. The van der Waals surface area contributed by atoms with E-state index in [-0.39, 0.29) is 12.8 Å². The molecule has 20 heavy (non-hydrogen) atoms. The highest BCUT2D eigenvalue weighted by molar-refractivity contribution is 5.78. The van der Waals surface area contributed by atoms with Gasteiger partial charge in [-0.1, -0.05) is 26.7 Å². The fraction of sp³-hybridized carbons (Fsp3) is 0.625. The van der Waals surface area contributed by atoms with Gasteiger partial charge in [-0.3, -0.25) is 9.59 Å². The normalized spacial score (nSPS) is 11.1. The van der Waals surface area contributed by atoms with Crippen LogP contribution >= 0.6 is 0 Å². The van der Waals surface area contributed by atoms with Crippen molar-refractivity contribution < 1.29 is 19.1 Å². The van der Waals surface area contributed by atoms with Gasteiger partial charge in [-0.15, -0.1) is 0 Å². The number of hydrogen-bond acceptors (Lipinski definition) is 4. The van der Waals surface area contributed by atoms with Gasteiger partial charge in [-0.25, -0.2) is 0 Å². The van der Waals surface area contributed by atoms with Crippen molar-refractivity contribution in [3.63, 3.8) is 0 Å². The van der Waals surface area contributed by atoms with Gasteiger partial charge >= 0.3 is 11.9 Å². The molecule has 0 amide bonds. The zero-order chi connectivity index (χ0) is 15.1. The van der Waals surface area contributed by atoms with Gasteiger partial charge < -0.3 is 9.47 Å². The molecule has 0 aliphatic rings. The summed E-state index contributed by atoms with van der Waals surface area (Å²) in [4.78, 5) is 22.6. The molecule has 0 N–H and O–H groups in total. The molecule has 0 saturated carbocycles. The third-order valence-corrected chi connectivity index (χ3v) is 2.57. The largest absolute Gasteiger partial charge is 0.435 e. The zero-order valence-electron chi connectivity index (χ0n) is 12.6. The lowest BCUT2D eigenvalue weighted by Gasteiger charge is -1.99. The van der Waals surface area contributed by atoms with E-state index in [1.54, 1.807) is 0 Å². The molecule has 0 aromatic rings. The van der Waals surface area contributed by atoms with Gasteiger partial charge in [0.1, 0.15) is 0 Å². The molecule has 4 heteroatoms. The molecule has 4 nitrogen and oxygen atoms in total. The van der Waals surface area contributed by atoms with Gasteiger partial charge in [0.2, 0.25) is 0 Å². The van der Waals surface area contributed by atoms with Crippen molar-refractivity contribution in [2.75, 3.05) is 0 Å². The third kappa shape index (κ3) is 12.9. The predicted octanol–water partition coefficient (Wildman–Crippen LogP) is 4.26. The Hall–Kier alpha value is -1.58. The van der Waals surface area contributed by atoms with E-state index in [4.69, 9.17) is 9.47 Å². The Morgan fingerprint density at radius 2 is 1.20 bits per heavy atom.